The fraction of sp³-hybridized carbons (Fsp3) is 0.438. The van der Waals surface area contributed by atoms with E-state index in [4.69, 9.17) is 14.2 Å². The molecule has 0 aromatic heterocycles. The lowest BCUT2D eigenvalue weighted by molar-refractivity contribution is -0.384. The molecule has 1 aliphatic rings. The van der Waals surface area contributed by atoms with E-state index in [0.717, 1.165) is 10.6 Å². The molecule has 16 heteroatoms. The highest BCUT2D eigenvalue weighted by molar-refractivity contribution is 7.88. The number of carboxylic acid groups (broad SMARTS) is 1. The van der Waals surface area contributed by atoms with Crippen LogP contribution in [0.15, 0.2) is 71.1 Å². The van der Waals surface area contributed by atoms with E-state index in [9.17, 15) is 38.3 Å². The van der Waals surface area contributed by atoms with Crippen molar-refractivity contribution < 1.29 is 47.4 Å². The maximum atomic E-state index is 13.1. The fourth-order valence-corrected chi connectivity index (χ4v) is 6.17. The molecule has 262 valence electrons. The zero-order valence-electron chi connectivity index (χ0n) is 27.7. The van der Waals surface area contributed by atoms with Gasteiger partial charge in [-0.15, -0.1) is 0 Å². The third-order valence-electron chi connectivity index (χ3n) is 7.48. The second kappa shape index (κ2) is 16.1. The number of aliphatic hydroxyl groups is 1. The number of para-hydroxylation sites is 2. The second-order valence-corrected chi connectivity index (χ2v) is 13.8. The van der Waals surface area contributed by atoms with E-state index in [1.54, 1.807) is 45.0 Å². The van der Waals surface area contributed by atoms with Crippen LogP contribution in [0, 0.1) is 10.1 Å². The van der Waals surface area contributed by atoms with Crippen LogP contribution in [0.3, 0.4) is 0 Å². The number of carbonyl (C=O) groups is 2. The molecule has 0 spiro atoms. The zero-order chi connectivity index (χ0) is 35.8. The normalized spacial score (nSPS) is 16.0. The van der Waals surface area contributed by atoms with Crippen LogP contribution in [0.25, 0.3) is 0 Å². The van der Waals surface area contributed by atoms with Gasteiger partial charge in [0.05, 0.1) is 48.5 Å². The van der Waals surface area contributed by atoms with Gasteiger partial charge in [-0.3, -0.25) is 10.1 Å². The Kier molecular flexibility index (Phi) is 12.7. The summed E-state index contributed by atoms with van der Waals surface area (Å²) in [6, 6.07) is 12.2. The number of nitro groups is 1. The van der Waals surface area contributed by atoms with E-state index >= 15 is 0 Å². The van der Waals surface area contributed by atoms with Gasteiger partial charge in [-0.2, -0.15) is 4.31 Å². The summed E-state index contributed by atoms with van der Waals surface area (Å²) in [6.45, 7) is 5.87. The zero-order valence-corrected chi connectivity index (χ0v) is 28.5. The first-order valence-corrected chi connectivity index (χ1v) is 16.8. The van der Waals surface area contributed by atoms with Crippen molar-refractivity contribution >= 4 is 27.6 Å². The van der Waals surface area contributed by atoms with Gasteiger partial charge in [0.15, 0.2) is 11.5 Å². The molecule has 0 bridgehead atoms. The summed E-state index contributed by atoms with van der Waals surface area (Å²) >= 11 is 0. The van der Waals surface area contributed by atoms with Crippen LogP contribution >= 0.6 is 0 Å². The van der Waals surface area contributed by atoms with Crippen molar-refractivity contribution in [1.82, 2.24) is 14.9 Å². The Bertz CT molecular complexity index is 1690. The molecule has 0 saturated heterocycles. The average Bonchev–Trinajstić information content (AvgIpc) is 3.01. The van der Waals surface area contributed by atoms with Crippen LogP contribution in [-0.2, 0) is 24.3 Å². The minimum absolute atomic E-state index is 0.0124. The van der Waals surface area contributed by atoms with Gasteiger partial charge in [0.25, 0.3) is 5.69 Å². The van der Waals surface area contributed by atoms with Crippen LogP contribution in [0.1, 0.15) is 39.2 Å². The number of hydrogen-bond donors (Lipinski definition) is 4. The van der Waals surface area contributed by atoms with Gasteiger partial charge in [0.1, 0.15) is 12.7 Å². The molecule has 1 heterocycles. The molecule has 2 aromatic rings. The molecule has 0 amide bonds. The van der Waals surface area contributed by atoms with Crippen molar-refractivity contribution in [3.8, 4) is 11.5 Å². The number of hydrogen-bond acceptors (Lipinski definition) is 12. The van der Waals surface area contributed by atoms with Crippen LogP contribution in [0.4, 0.5) is 5.69 Å². The van der Waals surface area contributed by atoms with Crippen LogP contribution in [-0.4, -0.2) is 97.7 Å². The highest BCUT2D eigenvalue weighted by atomic mass is 32.2. The Morgan fingerprint density at radius 2 is 1.81 bits per heavy atom. The van der Waals surface area contributed by atoms with Crippen LogP contribution < -0.4 is 20.1 Å². The molecule has 2 aromatic carbocycles. The first kappa shape index (κ1) is 37.9. The second-order valence-electron chi connectivity index (χ2n) is 11.8. The van der Waals surface area contributed by atoms with E-state index in [2.05, 4.69) is 10.6 Å². The van der Waals surface area contributed by atoms with Gasteiger partial charge in [0, 0.05) is 42.2 Å². The quantitative estimate of drug-likeness (QED) is 0.107. The number of nitro benzene ring substituents is 1. The molecule has 0 saturated carbocycles. The Balaban J connectivity index is 1.92. The number of ether oxygens (including phenoxy) is 3. The number of benzene rings is 2. The number of carboxylic acids is 1. The van der Waals surface area contributed by atoms with Crippen molar-refractivity contribution in [3.05, 3.63) is 86.7 Å². The number of aliphatic carboxylic acids is 1. The molecule has 0 radical (unpaired) electrons. The summed E-state index contributed by atoms with van der Waals surface area (Å²) < 4.78 is 43.4. The van der Waals surface area contributed by atoms with Crippen molar-refractivity contribution in [1.29, 1.82) is 0 Å². The number of methoxy groups -OCH3 is 1. The van der Waals surface area contributed by atoms with Crippen LogP contribution in [0.5, 0.6) is 11.5 Å². The number of carbonyl (C=O) groups excluding carboxylic acids is 1. The largest absolute Gasteiger partial charge is 0.493 e. The predicted molar refractivity (Wildman–Crippen MR) is 176 cm³/mol. The van der Waals surface area contributed by atoms with Gasteiger partial charge in [-0.1, -0.05) is 24.3 Å². The number of sulfonamides is 1. The monoisotopic (exact) mass is 690 g/mol. The summed E-state index contributed by atoms with van der Waals surface area (Å²) in [4.78, 5) is 36.9. The highest BCUT2D eigenvalue weighted by Crippen LogP contribution is 2.40. The third-order valence-corrected chi connectivity index (χ3v) is 8.67. The first-order chi connectivity index (χ1) is 22.5. The maximum Gasteiger partial charge on any atom is 0.336 e. The number of non-ortho nitro benzene ring substituents is 1. The lowest BCUT2D eigenvalue weighted by atomic mass is 9.80. The van der Waals surface area contributed by atoms with E-state index in [0.29, 0.717) is 11.5 Å². The molecule has 2 unspecified atom stereocenters. The molecule has 0 fully saturated rings. The Hall–Kier alpha value is -4.51. The molecule has 2 atom stereocenters. The number of rotatable bonds is 17. The highest BCUT2D eigenvalue weighted by Gasteiger charge is 2.40. The minimum Gasteiger partial charge on any atom is -0.493 e. The smallest absolute Gasteiger partial charge is 0.336 e. The molecule has 0 aliphatic carbocycles. The van der Waals surface area contributed by atoms with E-state index in [-0.39, 0.29) is 60.1 Å². The van der Waals surface area contributed by atoms with Gasteiger partial charge in [-0.25, -0.2) is 18.0 Å². The summed E-state index contributed by atoms with van der Waals surface area (Å²) in [5.74, 6) is -2.66. The van der Waals surface area contributed by atoms with Crippen LogP contribution in [0.2, 0.25) is 0 Å². The molecule has 4 N–H and O–H groups in total. The van der Waals surface area contributed by atoms with E-state index in [1.165, 1.54) is 38.3 Å². The van der Waals surface area contributed by atoms with Gasteiger partial charge < -0.3 is 35.1 Å². The number of nitrogens with one attached hydrogen (secondary N) is 2. The molecular weight excluding hydrogens is 648 g/mol. The maximum absolute atomic E-state index is 13.1. The number of dihydropyridines is 1. The average molecular weight is 691 g/mol. The topological polar surface area (TPSA) is 207 Å². The summed E-state index contributed by atoms with van der Waals surface area (Å²) in [7, 11) is -2.47. The van der Waals surface area contributed by atoms with Gasteiger partial charge in [-0.05, 0) is 45.4 Å². The number of nitrogens with zero attached hydrogens (tertiary/aromatic N) is 2. The molecule has 15 nitrogen and oxygen atoms in total. The van der Waals surface area contributed by atoms with Crippen molar-refractivity contribution in [2.45, 2.75) is 45.3 Å². The number of β-amino-alcohol motifs (C(OH)–C–C–N with tert-alkyl or cyclic N) is 1. The van der Waals surface area contributed by atoms with E-state index < -0.39 is 51.0 Å². The first-order valence-electron chi connectivity index (χ1n) is 15.0. The molecule has 3 rings (SSSR count). The lowest BCUT2D eigenvalue weighted by Gasteiger charge is -2.36. The minimum atomic E-state index is -3.97. The fourth-order valence-electron chi connectivity index (χ4n) is 5.24. The molecule has 1 aliphatic heterocycles. The SMILES string of the molecule is CCOC(=O)C1=C(C)NC(CN(CC(C)(C)NCC(O)COc2ccccc2OC)S(C)(=O)=O)=C(C(=O)O)C1c1cccc([N+](=O)[O-])c1. The Labute approximate surface area is 279 Å². The number of esters is 1. The number of allylic oxidation sites excluding steroid dienone is 1. The standard InChI is InChI=1S/C32H42N4O11S/c1-7-46-31(40)27-20(2)34-24(29(30(38)39)28(27)21-11-10-12-22(15-21)36(41)42)17-35(48(6,43)44)19-32(3,4)33-16-23(37)18-47-26-14-9-8-13-25(26)45-5/h8-15,23,28,33-34,37H,7,16-19H2,1-6H3,(H,38,39). The van der Waals surface area contributed by atoms with Crippen molar-refractivity contribution in [3.63, 3.8) is 0 Å². The van der Waals surface area contributed by atoms with Crippen molar-refractivity contribution in [2.24, 2.45) is 0 Å². The Morgan fingerprint density at radius 3 is 2.40 bits per heavy atom. The van der Waals surface area contributed by atoms with Gasteiger partial charge >= 0.3 is 11.9 Å². The molecule has 48 heavy (non-hydrogen) atoms. The van der Waals surface area contributed by atoms with E-state index in [1.807, 2.05) is 0 Å². The predicted octanol–water partition coefficient (Wildman–Crippen LogP) is 2.54. The summed E-state index contributed by atoms with van der Waals surface area (Å²) in [5.41, 5.74) is -1.39. The Morgan fingerprint density at radius 1 is 1.15 bits per heavy atom. The summed E-state index contributed by atoms with van der Waals surface area (Å²) in [6.07, 6.45) is 0.000128. The number of aliphatic hydroxyl groups excluding tert-OH is 1. The third kappa shape index (κ3) is 9.76. The van der Waals surface area contributed by atoms with Gasteiger partial charge in [0.2, 0.25) is 10.0 Å². The summed E-state index contributed by atoms with van der Waals surface area (Å²) in [5, 5.41) is 38.7. The van der Waals surface area contributed by atoms with Crippen molar-refractivity contribution in [2.75, 3.05) is 46.2 Å². The lowest BCUT2D eigenvalue weighted by Crippen LogP contribution is -2.53. The molecular formula is C32H42N4O11S.